The number of nitrogens with one attached hydrogen (secondary N) is 1. The van der Waals surface area contributed by atoms with E-state index < -0.39 is 0 Å². The summed E-state index contributed by atoms with van der Waals surface area (Å²) in [5, 5.41) is 3.47. The molecule has 3 aliphatic heterocycles. The maximum Gasteiger partial charge on any atom is 0.161 e. The molecule has 0 atom stereocenters. The first-order valence-electron chi connectivity index (χ1n) is 12.1. The number of aromatic nitrogens is 3. The Morgan fingerprint density at radius 3 is 2.67 bits per heavy atom. The molecule has 0 spiro atoms. The Bertz CT molecular complexity index is 1180. The minimum Gasteiger partial charge on any atom is -0.378 e. The largest absolute Gasteiger partial charge is 0.378 e. The summed E-state index contributed by atoms with van der Waals surface area (Å²) in [5.74, 6) is 2.73. The third-order valence-corrected chi connectivity index (χ3v) is 8.24. The number of morpholine rings is 1. The van der Waals surface area contributed by atoms with Crippen molar-refractivity contribution in [3.05, 3.63) is 17.5 Å². The molecule has 0 aromatic carbocycles. The Kier molecular flexibility index (Phi) is 5.40. The molecule has 6 rings (SSSR count). The average molecular weight is 469 g/mol. The minimum absolute atomic E-state index is 0.212. The number of ether oxygens (including phenoxy) is 2. The lowest BCUT2D eigenvalue weighted by Gasteiger charge is -2.36. The number of fused-ring (bicyclic) bond motifs is 5. The number of thiophene rings is 1. The van der Waals surface area contributed by atoms with Crippen LogP contribution in [0.4, 0.5) is 11.6 Å². The number of anilines is 2. The van der Waals surface area contributed by atoms with Crippen LogP contribution in [-0.4, -0.2) is 65.0 Å². The summed E-state index contributed by atoms with van der Waals surface area (Å²) < 4.78 is 12.9. The van der Waals surface area contributed by atoms with Crippen LogP contribution >= 0.6 is 11.3 Å². The second-order valence-electron chi connectivity index (χ2n) is 10.2. The molecule has 6 heterocycles. The summed E-state index contributed by atoms with van der Waals surface area (Å²) in [6, 6.07) is 0. The van der Waals surface area contributed by atoms with Crippen LogP contribution in [0.1, 0.15) is 44.7 Å². The Hall–Kier alpha value is -2.07. The van der Waals surface area contributed by atoms with Crippen molar-refractivity contribution in [2.45, 2.75) is 52.2 Å². The van der Waals surface area contributed by atoms with E-state index in [0.717, 1.165) is 78.4 Å². The van der Waals surface area contributed by atoms with Crippen molar-refractivity contribution in [2.75, 3.05) is 49.7 Å². The second kappa shape index (κ2) is 8.30. The zero-order valence-electron chi connectivity index (χ0n) is 19.7. The van der Waals surface area contributed by atoms with E-state index >= 15 is 0 Å². The molecule has 3 aromatic heterocycles. The van der Waals surface area contributed by atoms with Gasteiger partial charge in [0.2, 0.25) is 0 Å². The van der Waals surface area contributed by atoms with Crippen molar-refractivity contribution in [3.63, 3.8) is 0 Å². The number of nitrogens with zero attached hydrogens (tertiary/aromatic N) is 5. The van der Waals surface area contributed by atoms with Gasteiger partial charge in [-0.2, -0.15) is 0 Å². The number of hydrogen-bond donors (Lipinski definition) is 1. The van der Waals surface area contributed by atoms with Gasteiger partial charge in [-0.3, -0.25) is 0 Å². The van der Waals surface area contributed by atoms with Gasteiger partial charge in [-0.1, -0.05) is 6.92 Å². The van der Waals surface area contributed by atoms with E-state index in [1.807, 2.05) is 0 Å². The fourth-order valence-corrected chi connectivity index (χ4v) is 6.27. The summed E-state index contributed by atoms with van der Waals surface area (Å²) in [5.41, 5.74) is 6.93. The highest BCUT2D eigenvalue weighted by atomic mass is 32.1. The first-order chi connectivity index (χ1) is 16.0. The Morgan fingerprint density at radius 1 is 1.09 bits per heavy atom. The molecule has 176 valence electrons. The molecule has 0 bridgehead atoms. The highest BCUT2D eigenvalue weighted by Gasteiger charge is 2.33. The van der Waals surface area contributed by atoms with Gasteiger partial charge in [-0.25, -0.2) is 20.0 Å². The summed E-state index contributed by atoms with van der Waals surface area (Å²) in [4.78, 5) is 18.0. The smallest absolute Gasteiger partial charge is 0.161 e. The molecular weight excluding hydrogens is 436 g/mol. The van der Waals surface area contributed by atoms with Gasteiger partial charge < -0.3 is 19.8 Å². The van der Waals surface area contributed by atoms with Gasteiger partial charge in [0.25, 0.3) is 0 Å². The van der Waals surface area contributed by atoms with Crippen LogP contribution in [-0.2, 0) is 22.5 Å². The standard InChI is InChI=1S/C24H32N6O2S/c1-15-4-6-30(7-5-15)28-21-20-19(25-14-26-21)18-16-12-24(2,3)32-13-17(16)22(27-23(18)33-20)29-8-10-31-11-9-29/h14-15H,4-13H2,1-3H3,(H,25,26,28). The van der Waals surface area contributed by atoms with Crippen molar-refractivity contribution in [2.24, 2.45) is 5.92 Å². The highest BCUT2D eigenvalue weighted by molar-refractivity contribution is 7.26. The quantitative estimate of drug-likeness (QED) is 0.619. The van der Waals surface area contributed by atoms with Crippen molar-refractivity contribution in [3.8, 4) is 0 Å². The highest BCUT2D eigenvalue weighted by Crippen LogP contribution is 2.44. The first kappa shape index (κ1) is 21.5. The summed E-state index contributed by atoms with van der Waals surface area (Å²) in [6.07, 6.45) is 4.96. The maximum atomic E-state index is 6.25. The molecule has 8 nitrogen and oxygen atoms in total. The van der Waals surface area contributed by atoms with Gasteiger partial charge in [-0.15, -0.1) is 11.3 Å². The number of rotatable bonds is 3. The Labute approximate surface area is 198 Å². The van der Waals surface area contributed by atoms with E-state index in [0.29, 0.717) is 6.61 Å². The van der Waals surface area contributed by atoms with E-state index in [1.165, 1.54) is 29.4 Å². The van der Waals surface area contributed by atoms with Crippen LogP contribution < -0.4 is 10.3 Å². The number of pyridine rings is 1. The molecule has 3 aromatic rings. The van der Waals surface area contributed by atoms with E-state index in [9.17, 15) is 0 Å². The van der Waals surface area contributed by atoms with Gasteiger partial charge in [0.05, 0.1) is 35.6 Å². The molecule has 33 heavy (non-hydrogen) atoms. The van der Waals surface area contributed by atoms with Crippen molar-refractivity contribution in [1.29, 1.82) is 0 Å². The van der Waals surface area contributed by atoms with Crippen LogP contribution in [0.2, 0.25) is 0 Å². The van der Waals surface area contributed by atoms with E-state index in [4.69, 9.17) is 19.4 Å². The van der Waals surface area contributed by atoms with Crippen molar-refractivity contribution >= 4 is 43.4 Å². The Morgan fingerprint density at radius 2 is 1.88 bits per heavy atom. The number of piperidine rings is 1. The summed E-state index contributed by atoms with van der Waals surface area (Å²) in [6.45, 7) is 12.5. The third kappa shape index (κ3) is 3.95. The lowest BCUT2D eigenvalue weighted by molar-refractivity contribution is -0.0396. The van der Waals surface area contributed by atoms with Crippen molar-refractivity contribution in [1.82, 2.24) is 20.0 Å². The zero-order chi connectivity index (χ0) is 22.6. The molecule has 0 radical (unpaired) electrons. The normalized spacial score (nSPS) is 22.1. The van der Waals surface area contributed by atoms with E-state index in [1.54, 1.807) is 17.7 Å². The SMILES string of the molecule is CC1CCN(Nc2ncnc3c2sc2nc(N4CCOCC4)c4c(c23)CC(C)(C)OC4)CC1. The van der Waals surface area contributed by atoms with Gasteiger partial charge in [0.15, 0.2) is 5.82 Å². The molecule has 0 unspecified atom stereocenters. The lowest BCUT2D eigenvalue weighted by Crippen LogP contribution is -2.39. The average Bonchev–Trinajstić information content (AvgIpc) is 3.20. The van der Waals surface area contributed by atoms with Gasteiger partial charge in [-0.05, 0) is 38.2 Å². The number of hydrazine groups is 1. The molecule has 2 fully saturated rings. The monoisotopic (exact) mass is 468 g/mol. The van der Waals surface area contributed by atoms with E-state index in [-0.39, 0.29) is 5.60 Å². The summed E-state index contributed by atoms with van der Waals surface area (Å²) >= 11 is 1.70. The van der Waals surface area contributed by atoms with Crippen molar-refractivity contribution < 1.29 is 9.47 Å². The first-order valence-corrected chi connectivity index (χ1v) is 12.9. The zero-order valence-corrected chi connectivity index (χ0v) is 20.5. The van der Waals surface area contributed by atoms with Crippen LogP contribution in [0.5, 0.6) is 0 Å². The summed E-state index contributed by atoms with van der Waals surface area (Å²) in [7, 11) is 0. The predicted molar refractivity (Wildman–Crippen MR) is 132 cm³/mol. The molecule has 3 aliphatic rings. The maximum absolute atomic E-state index is 6.25. The lowest BCUT2D eigenvalue weighted by atomic mass is 9.90. The fraction of sp³-hybridized carbons (Fsp3) is 0.625. The fourth-order valence-electron chi connectivity index (χ4n) is 5.18. The van der Waals surface area contributed by atoms with Gasteiger partial charge in [0, 0.05) is 43.5 Å². The van der Waals surface area contributed by atoms with Crippen LogP contribution in [0.15, 0.2) is 6.33 Å². The van der Waals surface area contributed by atoms with Gasteiger partial charge >= 0.3 is 0 Å². The van der Waals surface area contributed by atoms with E-state index in [2.05, 4.69) is 41.1 Å². The number of hydrogen-bond acceptors (Lipinski definition) is 9. The molecule has 0 saturated carbocycles. The molecule has 0 amide bonds. The third-order valence-electron chi connectivity index (χ3n) is 7.16. The van der Waals surface area contributed by atoms with Gasteiger partial charge in [0.1, 0.15) is 17.0 Å². The molecule has 9 heteroatoms. The minimum atomic E-state index is -0.212. The molecule has 0 aliphatic carbocycles. The van der Waals surface area contributed by atoms with Crippen LogP contribution in [0.3, 0.4) is 0 Å². The predicted octanol–water partition coefficient (Wildman–Crippen LogP) is 3.99. The molecule has 2 saturated heterocycles. The molecule has 1 N–H and O–H groups in total. The second-order valence-corrected chi connectivity index (χ2v) is 11.2. The topological polar surface area (TPSA) is 75.6 Å². The molecular formula is C24H32N6O2S. The Balaban J connectivity index is 1.49. The van der Waals surface area contributed by atoms with Crippen LogP contribution in [0, 0.1) is 5.92 Å². The van der Waals surface area contributed by atoms with Crippen LogP contribution in [0.25, 0.3) is 20.4 Å².